The van der Waals surface area contributed by atoms with Crippen LogP contribution in [0.1, 0.15) is 39.3 Å². The van der Waals surface area contributed by atoms with Gasteiger partial charge in [0.2, 0.25) is 5.91 Å². The van der Waals surface area contributed by atoms with Crippen LogP contribution in [0.15, 0.2) is 36.7 Å². The highest BCUT2D eigenvalue weighted by atomic mass is 16.2. The Hall–Kier alpha value is -3.35. The number of anilines is 1. The van der Waals surface area contributed by atoms with Gasteiger partial charge in [-0.05, 0) is 30.2 Å². The van der Waals surface area contributed by atoms with Crippen LogP contribution in [-0.2, 0) is 11.8 Å². The molecular weight excluding hydrogens is 376 g/mol. The first-order valence-corrected chi connectivity index (χ1v) is 10.1. The van der Waals surface area contributed by atoms with Crippen molar-refractivity contribution in [2.45, 2.75) is 33.7 Å². The summed E-state index contributed by atoms with van der Waals surface area (Å²) in [5, 5.41) is 7.26. The zero-order chi connectivity index (χ0) is 21.6. The number of benzene rings is 1. The Morgan fingerprint density at radius 2 is 2.00 bits per heavy atom. The Morgan fingerprint density at radius 3 is 2.70 bits per heavy atom. The molecule has 4 aromatic rings. The average Bonchev–Trinajstić information content (AvgIpc) is 3.30. The third-order valence-electron chi connectivity index (χ3n) is 5.40. The second-order valence-electron chi connectivity index (χ2n) is 8.78. The number of imidazole rings is 1. The molecule has 1 aromatic carbocycles. The fourth-order valence-corrected chi connectivity index (χ4v) is 3.60. The molecule has 3 N–H and O–H groups in total. The average molecular weight is 405 g/mol. The van der Waals surface area contributed by atoms with Crippen molar-refractivity contribution in [3.05, 3.63) is 42.2 Å². The number of nitrogens with zero attached hydrogens (tertiary/aromatic N) is 3. The topological polar surface area (TPSA) is 87.6 Å². The summed E-state index contributed by atoms with van der Waals surface area (Å²) >= 11 is 0. The van der Waals surface area contributed by atoms with Gasteiger partial charge < -0.3 is 20.2 Å². The van der Waals surface area contributed by atoms with Crippen LogP contribution in [0.25, 0.3) is 33.3 Å². The lowest BCUT2D eigenvalue weighted by molar-refractivity contribution is -0.129. The molecule has 1 atom stereocenters. The summed E-state index contributed by atoms with van der Waals surface area (Å²) < 4.78 is 2.01. The van der Waals surface area contributed by atoms with Crippen LogP contribution in [0.2, 0.25) is 0 Å². The Bertz CT molecular complexity index is 1240. The van der Waals surface area contributed by atoms with Crippen molar-refractivity contribution in [1.82, 2.24) is 24.8 Å². The van der Waals surface area contributed by atoms with E-state index in [1.165, 1.54) is 0 Å². The van der Waals surface area contributed by atoms with Crippen LogP contribution in [0, 0.1) is 5.41 Å². The van der Waals surface area contributed by atoms with Crippen molar-refractivity contribution in [2.24, 2.45) is 12.5 Å². The number of hydrogen-bond acceptors (Lipinski definition) is 4. The zero-order valence-electron chi connectivity index (χ0n) is 18.3. The van der Waals surface area contributed by atoms with Crippen LogP contribution in [0.3, 0.4) is 0 Å². The van der Waals surface area contributed by atoms with Gasteiger partial charge in [-0.1, -0.05) is 39.0 Å². The van der Waals surface area contributed by atoms with Crippen molar-refractivity contribution in [3.63, 3.8) is 0 Å². The third-order valence-corrected chi connectivity index (χ3v) is 5.40. The lowest BCUT2D eigenvalue weighted by Gasteiger charge is -2.22. The van der Waals surface area contributed by atoms with Crippen molar-refractivity contribution < 1.29 is 4.79 Å². The van der Waals surface area contributed by atoms with E-state index in [1.807, 2.05) is 58.5 Å². The predicted molar refractivity (Wildman–Crippen MR) is 121 cm³/mol. The fraction of sp³-hybridized carbons (Fsp3) is 0.348. The zero-order valence-corrected chi connectivity index (χ0v) is 18.3. The number of hydrogen-bond donors (Lipinski definition) is 3. The molecule has 0 spiro atoms. The number of carbonyl (C=O) groups excluding carboxylic acids is 1. The van der Waals surface area contributed by atoms with Gasteiger partial charge in [-0.2, -0.15) is 0 Å². The van der Waals surface area contributed by atoms with E-state index < -0.39 is 5.41 Å². The molecule has 7 nitrogen and oxygen atoms in total. The van der Waals surface area contributed by atoms with Crippen LogP contribution in [0.5, 0.6) is 0 Å². The van der Waals surface area contributed by atoms with Gasteiger partial charge in [0.1, 0.15) is 11.2 Å². The molecule has 156 valence electrons. The SMILES string of the molecule is CNc1nc2[nH]c(-c3cccc(C(C)NC(=O)C(C)(C)C)c3)cc2c2c1ncn2C. The molecule has 3 heterocycles. The van der Waals surface area contributed by atoms with E-state index in [2.05, 4.69) is 38.8 Å². The van der Waals surface area contributed by atoms with Crippen molar-refractivity contribution >= 4 is 33.8 Å². The fourth-order valence-electron chi connectivity index (χ4n) is 3.60. The van der Waals surface area contributed by atoms with E-state index in [4.69, 9.17) is 4.98 Å². The molecule has 7 heteroatoms. The molecule has 0 aliphatic rings. The van der Waals surface area contributed by atoms with E-state index in [0.29, 0.717) is 0 Å². The van der Waals surface area contributed by atoms with Gasteiger partial charge in [0, 0.05) is 30.6 Å². The highest BCUT2D eigenvalue weighted by Crippen LogP contribution is 2.32. The van der Waals surface area contributed by atoms with Crippen molar-refractivity contribution in [2.75, 3.05) is 12.4 Å². The Kier molecular flexibility index (Phi) is 4.76. The lowest BCUT2D eigenvalue weighted by Crippen LogP contribution is -2.36. The second kappa shape index (κ2) is 7.16. The molecule has 0 aliphatic heterocycles. The lowest BCUT2D eigenvalue weighted by atomic mass is 9.94. The number of fused-ring (bicyclic) bond motifs is 3. The molecular formula is C23H28N6O. The number of nitrogens with one attached hydrogen (secondary N) is 3. The maximum atomic E-state index is 12.4. The number of aromatic nitrogens is 4. The molecule has 3 aromatic heterocycles. The highest BCUT2D eigenvalue weighted by molar-refractivity contribution is 6.07. The molecule has 0 aliphatic carbocycles. The largest absolute Gasteiger partial charge is 0.371 e. The van der Waals surface area contributed by atoms with Crippen molar-refractivity contribution in [1.29, 1.82) is 0 Å². The van der Waals surface area contributed by atoms with Gasteiger partial charge >= 0.3 is 0 Å². The summed E-state index contributed by atoms with van der Waals surface area (Å²) in [5.41, 5.74) is 5.35. The van der Waals surface area contributed by atoms with Crippen LogP contribution < -0.4 is 10.6 Å². The first-order valence-electron chi connectivity index (χ1n) is 10.1. The minimum atomic E-state index is -0.422. The highest BCUT2D eigenvalue weighted by Gasteiger charge is 2.23. The summed E-state index contributed by atoms with van der Waals surface area (Å²) in [6.45, 7) is 7.76. The summed E-state index contributed by atoms with van der Waals surface area (Å²) in [7, 11) is 3.84. The normalized spacial score (nSPS) is 13.0. The maximum absolute atomic E-state index is 12.4. The predicted octanol–water partition coefficient (Wildman–Crippen LogP) is 4.38. The minimum absolute atomic E-state index is 0.0356. The summed E-state index contributed by atoms with van der Waals surface area (Å²) in [6, 6.07) is 10.3. The number of H-pyrrole nitrogens is 1. The first-order chi connectivity index (χ1) is 14.2. The molecule has 0 fully saturated rings. The van der Waals surface area contributed by atoms with E-state index in [9.17, 15) is 4.79 Å². The molecule has 0 bridgehead atoms. The van der Waals surface area contributed by atoms with Gasteiger partial charge in [-0.25, -0.2) is 9.97 Å². The van der Waals surface area contributed by atoms with Crippen LogP contribution >= 0.6 is 0 Å². The first kappa shape index (κ1) is 19.9. The van der Waals surface area contributed by atoms with Crippen LogP contribution in [-0.4, -0.2) is 32.5 Å². The van der Waals surface area contributed by atoms with E-state index in [1.54, 1.807) is 6.33 Å². The van der Waals surface area contributed by atoms with Gasteiger partial charge in [0.15, 0.2) is 5.82 Å². The summed E-state index contributed by atoms with van der Waals surface area (Å²) in [5.74, 6) is 0.784. The maximum Gasteiger partial charge on any atom is 0.225 e. The standard InChI is InChI=1S/C23H28N6O/c1-13(26-22(30)23(2,3)4)14-8-7-9-15(10-14)17-11-16-19-18(25-12-29(19)6)21(24-5)28-20(16)27-17/h7-13H,1-6H3,(H,26,30)(H2,24,27,28). The minimum Gasteiger partial charge on any atom is -0.371 e. The Morgan fingerprint density at radius 1 is 1.23 bits per heavy atom. The number of pyridine rings is 1. The molecule has 1 amide bonds. The van der Waals surface area contributed by atoms with Crippen molar-refractivity contribution in [3.8, 4) is 11.3 Å². The monoisotopic (exact) mass is 404 g/mol. The number of rotatable bonds is 4. The molecule has 0 saturated heterocycles. The Labute approximate surface area is 175 Å². The number of aryl methyl sites for hydroxylation is 1. The number of amides is 1. The van der Waals surface area contributed by atoms with Gasteiger partial charge in [-0.15, -0.1) is 0 Å². The Balaban J connectivity index is 1.74. The smallest absolute Gasteiger partial charge is 0.225 e. The summed E-state index contributed by atoms with van der Waals surface area (Å²) in [4.78, 5) is 25.0. The van der Waals surface area contributed by atoms with E-state index in [-0.39, 0.29) is 11.9 Å². The number of carbonyl (C=O) groups is 1. The molecule has 4 rings (SSSR count). The van der Waals surface area contributed by atoms with Gasteiger partial charge in [0.05, 0.1) is 17.9 Å². The van der Waals surface area contributed by atoms with E-state index in [0.717, 1.165) is 44.7 Å². The molecule has 0 saturated carbocycles. The quantitative estimate of drug-likeness (QED) is 0.471. The number of aromatic amines is 1. The summed E-state index contributed by atoms with van der Waals surface area (Å²) in [6.07, 6.45) is 1.81. The molecule has 30 heavy (non-hydrogen) atoms. The molecule has 0 radical (unpaired) electrons. The van der Waals surface area contributed by atoms with Crippen LogP contribution in [0.4, 0.5) is 5.82 Å². The molecule has 1 unspecified atom stereocenters. The van der Waals surface area contributed by atoms with Gasteiger partial charge in [0.25, 0.3) is 0 Å². The van der Waals surface area contributed by atoms with Gasteiger partial charge in [-0.3, -0.25) is 4.79 Å². The van der Waals surface area contributed by atoms with E-state index >= 15 is 0 Å². The second-order valence-corrected chi connectivity index (χ2v) is 8.78. The third kappa shape index (κ3) is 3.40.